The summed E-state index contributed by atoms with van der Waals surface area (Å²) in [5.41, 5.74) is 5.92. The van der Waals surface area contributed by atoms with Crippen molar-refractivity contribution in [2.75, 3.05) is 5.73 Å². The van der Waals surface area contributed by atoms with E-state index in [0.717, 1.165) is 19.3 Å². The third-order valence-electron chi connectivity index (χ3n) is 4.04. The molecular formula is C14H23N3O2S. The monoisotopic (exact) mass is 297 g/mol. The van der Waals surface area contributed by atoms with Crippen LogP contribution in [-0.2, 0) is 10.0 Å². The number of nitrogen functional groups attached to an aromatic ring is 1. The molecule has 2 atom stereocenters. The first kappa shape index (κ1) is 15.3. The number of nitrogens with one attached hydrogen (secondary N) is 1. The lowest BCUT2D eigenvalue weighted by Gasteiger charge is -2.34. The van der Waals surface area contributed by atoms with Crippen molar-refractivity contribution in [3.63, 3.8) is 0 Å². The Balaban J connectivity index is 2.21. The van der Waals surface area contributed by atoms with Crippen LogP contribution in [0, 0.1) is 11.8 Å². The van der Waals surface area contributed by atoms with E-state index in [2.05, 4.69) is 23.6 Å². The highest BCUT2D eigenvalue weighted by atomic mass is 32.2. The predicted octanol–water partition coefficient (Wildman–Crippen LogP) is 2.16. The second-order valence-electron chi connectivity index (χ2n) is 5.82. The van der Waals surface area contributed by atoms with Crippen molar-refractivity contribution in [2.24, 2.45) is 11.8 Å². The van der Waals surface area contributed by atoms with E-state index in [1.807, 2.05) is 0 Å². The van der Waals surface area contributed by atoms with Gasteiger partial charge in [-0.2, -0.15) is 0 Å². The lowest BCUT2D eigenvalue weighted by molar-refractivity contribution is 0.226. The second kappa shape index (κ2) is 6.10. The SMILES string of the molecule is CC(C)C1CCCCC1NS(=O)(=O)c1ncccc1N. The molecule has 20 heavy (non-hydrogen) atoms. The van der Waals surface area contributed by atoms with Crippen LogP contribution in [-0.4, -0.2) is 19.4 Å². The molecule has 1 saturated carbocycles. The number of hydrogen-bond donors (Lipinski definition) is 2. The van der Waals surface area contributed by atoms with Crippen LogP contribution in [0.25, 0.3) is 0 Å². The number of anilines is 1. The van der Waals surface area contributed by atoms with Gasteiger partial charge in [-0.15, -0.1) is 0 Å². The van der Waals surface area contributed by atoms with E-state index in [1.165, 1.54) is 12.6 Å². The van der Waals surface area contributed by atoms with Gasteiger partial charge in [0.2, 0.25) is 0 Å². The van der Waals surface area contributed by atoms with Gasteiger partial charge in [-0.25, -0.2) is 18.1 Å². The first-order valence-corrected chi connectivity index (χ1v) is 8.63. The molecule has 1 fully saturated rings. The number of aromatic nitrogens is 1. The molecule has 1 aromatic heterocycles. The molecule has 0 aliphatic heterocycles. The standard InChI is InChI=1S/C14H23N3O2S/c1-10(2)11-6-3-4-8-13(11)17-20(18,19)14-12(15)7-5-9-16-14/h5,7,9-11,13,17H,3-4,6,8,15H2,1-2H3. The zero-order valence-corrected chi connectivity index (χ0v) is 12.9. The fraction of sp³-hybridized carbons (Fsp3) is 0.643. The number of hydrogen-bond acceptors (Lipinski definition) is 4. The number of rotatable bonds is 4. The van der Waals surface area contributed by atoms with Crippen LogP contribution in [0.3, 0.4) is 0 Å². The Morgan fingerprint density at radius 2 is 2.05 bits per heavy atom. The summed E-state index contributed by atoms with van der Waals surface area (Å²) in [6.45, 7) is 4.29. The molecule has 0 radical (unpaired) electrons. The van der Waals surface area contributed by atoms with E-state index < -0.39 is 10.0 Å². The maximum atomic E-state index is 12.4. The minimum absolute atomic E-state index is 0.0184. The van der Waals surface area contributed by atoms with E-state index >= 15 is 0 Å². The van der Waals surface area contributed by atoms with Crippen LogP contribution >= 0.6 is 0 Å². The molecule has 3 N–H and O–H groups in total. The van der Waals surface area contributed by atoms with Gasteiger partial charge in [-0.05, 0) is 36.8 Å². The van der Waals surface area contributed by atoms with Gasteiger partial charge in [-0.1, -0.05) is 26.7 Å². The summed E-state index contributed by atoms with van der Waals surface area (Å²) >= 11 is 0. The van der Waals surface area contributed by atoms with Crippen LogP contribution in [0.5, 0.6) is 0 Å². The van der Waals surface area contributed by atoms with Crippen LogP contribution < -0.4 is 10.5 Å². The molecule has 0 spiro atoms. The van der Waals surface area contributed by atoms with E-state index in [-0.39, 0.29) is 16.8 Å². The third-order valence-corrected chi connectivity index (χ3v) is 5.50. The Labute approximate surface area is 121 Å². The van der Waals surface area contributed by atoms with Crippen molar-refractivity contribution >= 4 is 15.7 Å². The topological polar surface area (TPSA) is 85.1 Å². The zero-order valence-electron chi connectivity index (χ0n) is 12.0. The maximum absolute atomic E-state index is 12.4. The van der Waals surface area contributed by atoms with E-state index in [9.17, 15) is 8.42 Å². The Hall–Kier alpha value is -1.14. The summed E-state index contributed by atoms with van der Waals surface area (Å²) in [6, 6.07) is 3.17. The molecule has 2 unspecified atom stereocenters. The molecule has 5 nitrogen and oxygen atoms in total. The molecule has 2 rings (SSSR count). The molecular weight excluding hydrogens is 274 g/mol. The number of nitrogens with zero attached hydrogens (tertiary/aromatic N) is 1. The van der Waals surface area contributed by atoms with Crippen LogP contribution in [0.1, 0.15) is 39.5 Å². The van der Waals surface area contributed by atoms with Crippen LogP contribution in [0.4, 0.5) is 5.69 Å². The van der Waals surface area contributed by atoms with Gasteiger partial charge in [0, 0.05) is 12.2 Å². The van der Waals surface area contributed by atoms with Gasteiger partial charge in [-0.3, -0.25) is 0 Å². The van der Waals surface area contributed by atoms with Crippen LogP contribution in [0.15, 0.2) is 23.4 Å². The van der Waals surface area contributed by atoms with Gasteiger partial charge in [0.1, 0.15) is 0 Å². The molecule has 112 valence electrons. The summed E-state index contributed by atoms with van der Waals surface area (Å²) in [6.07, 6.45) is 5.64. The van der Waals surface area contributed by atoms with Crippen molar-refractivity contribution < 1.29 is 8.42 Å². The maximum Gasteiger partial charge on any atom is 0.260 e. The largest absolute Gasteiger partial charge is 0.396 e. The first-order valence-electron chi connectivity index (χ1n) is 7.14. The lowest BCUT2D eigenvalue weighted by atomic mass is 9.78. The van der Waals surface area contributed by atoms with E-state index in [1.54, 1.807) is 12.1 Å². The third kappa shape index (κ3) is 3.30. The highest BCUT2D eigenvalue weighted by molar-refractivity contribution is 7.89. The highest BCUT2D eigenvalue weighted by Crippen LogP contribution is 2.31. The van der Waals surface area contributed by atoms with Crippen molar-refractivity contribution in [1.82, 2.24) is 9.71 Å². The summed E-state index contributed by atoms with van der Waals surface area (Å²) in [4.78, 5) is 3.91. The fourth-order valence-corrected chi connectivity index (χ4v) is 4.37. The van der Waals surface area contributed by atoms with Gasteiger partial charge >= 0.3 is 0 Å². The van der Waals surface area contributed by atoms with Gasteiger partial charge in [0.05, 0.1) is 5.69 Å². The summed E-state index contributed by atoms with van der Waals surface area (Å²) in [5, 5.41) is -0.0620. The molecule has 1 aromatic rings. The minimum Gasteiger partial charge on any atom is -0.396 e. The lowest BCUT2D eigenvalue weighted by Crippen LogP contribution is -2.44. The van der Waals surface area contributed by atoms with Gasteiger partial charge < -0.3 is 5.73 Å². The quantitative estimate of drug-likeness (QED) is 0.891. The van der Waals surface area contributed by atoms with Crippen LogP contribution in [0.2, 0.25) is 0 Å². The Bertz CT molecular complexity index is 557. The molecule has 0 aromatic carbocycles. The summed E-state index contributed by atoms with van der Waals surface area (Å²) in [7, 11) is -3.64. The highest BCUT2D eigenvalue weighted by Gasteiger charge is 2.32. The van der Waals surface area contributed by atoms with Crippen molar-refractivity contribution in [3.8, 4) is 0 Å². The molecule has 0 bridgehead atoms. The Morgan fingerprint density at radius 1 is 1.35 bits per heavy atom. The zero-order chi connectivity index (χ0) is 14.8. The minimum atomic E-state index is -3.64. The molecule has 0 amide bonds. The number of nitrogens with two attached hydrogens (primary N) is 1. The molecule has 1 aliphatic rings. The molecule has 0 saturated heterocycles. The second-order valence-corrected chi connectivity index (χ2v) is 7.45. The molecule has 1 aliphatic carbocycles. The van der Waals surface area contributed by atoms with Crippen molar-refractivity contribution in [3.05, 3.63) is 18.3 Å². The normalized spacial score (nSPS) is 23.9. The van der Waals surface area contributed by atoms with Crippen molar-refractivity contribution in [1.29, 1.82) is 0 Å². The summed E-state index contributed by atoms with van der Waals surface area (Å²) < 4.78 is 27.7. The van der Waals surface area contributed by atoms with E-state index in [0.29, 0.717) is 11.8 Å². The smallest absolute Gasteiger partial charge is 0.260 e. The fourth-order valence-electron chi connectivity index (χ4n) is 2.99. The Kier molecular flexibility index (Phi) is 4.65. The van der Waals surface area contributed by atoms with Gasteiger partial charge in [0.25, 0.3) is 10.0 Å². The van der Waals surface area contributed by atoms with E-state index in [4.69, 9.17) is 5.73 Å². The Morgan fingerprint density at radius 3 is 2.70 bits per heavy atom. The number of pyridine rings is 1. The average Bonchev–Trinajstić information content (AvgIpc) is 2.39. The number of sulfonamides is 1. The predicted molar refractivity (Wildman–Crippen MR) is 79.6 cm³/mol. The van der Waals surface area contributed by atoms with Gasteiger partial charge in [0.15, 0.2) is 5.03 Å². The van der Waals surface area contributed by atoms with Crippen molar-refractivity contribution in [2.45, 2.75) is 50.6 Å². The first-order chi connectivity index (χ1) is 9.42. The average molecular weight is 297 g/mol. The summed E-state index contributed by atoms with van der Waals surface area (Å²) in [5.74, 6) is 0.840. The molecule has 6 heteroatoms. The molecule has 1 heterocycles.